The Hall–Kier alpha value is -3.28. The van der Waals surface area contributed by atoms with E-state index in [0.29, 0.717) is 5.69 Å². The Labute approximate surface area is 176 Å². The first-order chi connectivity index (χ1) is 14.6. The summed E-state index contributed by atoms with van der Waals surface area (Å²) in [4.78, 5) is 28.7. The molecule has 1 aromatic heterocycles. The number of piperidine rings is 1. The highest BCUT2D eigenvalue weighted by Crippen LogP contribution is 2.25. The predicted octanol–water partition coefficient (Wildman–Crippen LogP) is 3.65. The van der Waals surface area contributed by atoms with Crippen LogP contribution in [0.2, 0.25) is 0 Å². The van der Waals surface area contributed by atoms with Crippen LogP contribution in [0.4, 0.5) is 5.69 Å². The molecule has 1 fully saturated rings. The molecule has 6 heteroatoms. The van der Waals surface area contributed by atoms with Crippen LogP contribution in [0, 0.1) is 6.92 Å². The zero-order chi connectivity index (χ0) is 21.1. The summed E-state index contributed by atoms with van der Waals surface area (Å²) in [6.07, 6.45) is 3.21. The molecule has 1 amide bonds. The number of likely N-dealkylation sites (tertiary alicyclic amines) is 1. The first-order valence-electron chi connectivity index (χ1n) is 10.5. The minimum atomic E-state index is -0.595. The van der Waals surface area contributed by atoms with Gasteiger partial charge in [0, 0.05) is 20.1 Å². The summed E-state index contributed by atoms with van der Waals surface area (Å²) in [6.45, 7) is 3.44. The van der Waals surface area contributed by atoms with Crippen LogP contribution in [0.5, 0.6) is 0 Å². The smallest absolute Gasteiger partial charge is 0.295 e. The maximum atomic E-state index is 13.4. The normalized spacial score (nSPS) is 15.1. The molecule has 3 aromatic rings. The third-order valence-corrected chi connectivity index (χ3v) is 5.89. The molecule has 2 aromatic carbocycles. The molecule has 4 rings (SSSR count). The van der Waals surface area contributed by atoms with E-state index in [0.717, 1.165) is 49.3 Å². The lowest BCUT2D eigenvalue weighted by Crippen LogP contribution is -2.41. The quantitative estimate of drug-likeness (QED) is 0.706. The van der Waals surface area contributed by atoms with Crippen LogP contribution in [0.1, 0.15) is 36.6 Å². The van der Waals surface area contributed by atoms with Gasteiger partial charge >= 0.3 is 0 Å². The summed E-state index contributed by atoms with van der Waals surface area (Å²) in [5, 5.41) is 3.31. The van der Waals surface area contributed by atoms with Gasteiger partial charge in [0.1, 0.15) is 11.7 Å². The number of nitrogens with zero attached hydrogens (tertiary/aromatic N) is 3. The number of rotatable bonds is 5. The third kappa shape index (κ3) is 3.77. The van der Waals surface area contributed by atoms with E-state index in [1.165, 1.54) is 0 Å². The van der Waals surface area contributed by atoms with Gasteiger partial charge in [0.25, 0.3) is 5.56 Å². The van der Waals surface area contributed by atoms with Gasteiger partial charge < -0.3 is 10.2 Å². The van der Waals surface area contributed by atoms with E-state index >= 15 is 0 Å². The molecule has 1 N–H and O–H groups in total. The van der Waals surface area contributed by atoms with Gasteiger partial charge in [0.15, 0.2) is 0 Å². The summed E-state index contributed by atoms with van der Waals surface area (Å²) in [6, 6.07) is 18.6. The van der Waals surface area contributed by atoms with Crippen LogP contribution in [-0.4, -0.2) is 33.3 Å². The number of carbonyl (C=O) groups is 1. The van der Waals surface area contributed by atoms with Crippen molar-refractivity contribution >= 4 is 11.6 Å². The van der Waals surface area contributed by atoms with Crippen molar-refractivity contribution in [3.63, 3.8) is 0 Å². The molecule has 1 saturated heterocycles. The number of anilines is 1. The van der Waals surface area contributed by atoms with Crippen molar-refractivity contribution in [1.29, 1.82) is 0 Å². The molecule has 0 spiro atoms. The number of hydrogen-bond donors (Lipinski definition) is 1. The monoisotopic (exact) mass is 404 g/mol. The van der Waals surface area contributed by atoms with E-state index in [9.17, 15) is 9.59 Å². The fourth-order valence-corrected chi connectivity index (χ4v) is 4.11. The summed E-state index contributed by atoms with van der Waals surface area (Å²) in [5.74, 6) is 0.0230. The number of amides is 1. The zero-order valence-electron chi connectivity index (χ0n) is 17.5. The molecule has 0 unspecified atom stereocenters. The van der Waals surface area contributed by atoms with Crippen molar-refractivity contribution < 1.29 is 4.79 Å². The average Bonchev–Trinajstić information content (AvgIpc) is 3.01. The molecule has 1 aliphatic rings. The van der Waals surface area contributed by atoms with Crippen molar-refractivity contribution in [2.45, 2.75) is 32.2 Å². The van der Waals surface area contributed by atoms with Crippen molar-refractivity contribution in [2.75, 3.05) is 18.4 Å². The number of hydrogen-bond acceptors (Lipinski definition) is 3. The number of carbonyl (C=O) groups excluding carboxylic acids is 1. The first kappa shape index (κ1) is 20.0. The fraction of sp³-hybridized carbons (Fsp3) is 0.333. The van der Waals surface area contributed by atoms with Crippen LogP contribution in [0.15, 0.2) is 65.5 Å². The summed E-state index contributed by atoms with van der Waals surface area (Å²) < 4.78 is 3.46. The number of nitrogens with one attached hydrogen (secondary N) is 1. The molecule has 2 heterocycles. The minimum absolute atomic E-state index is 0.0230. The van der Waals surface area contributed by atoms with Crippen LogP contribution < -0.4 is 10.9 Å². The highest BCUT2D eigenvalue weighted by Gasteiger charge is 2.29. The van der Waals surface area contributed by atoms with Crippen molar-refractivity contribution in [3.05, 3.63) is 82.3 Å². The van der Waals surface area contributed by atoms with Crippen LogP contribution >= 0.6 is 0 Å². The topological polar surface area (TPSA) is 59.3 Å². The maximum Gasteiger partial charge on any atom is 0.295 e. The largest absolute Gasteiger partial charge is 0.364 e. The van der Waals surface area contributed by atoms with Crippen molar-refractivity contribution in [3.8, 4) is 5.69 Å². The number of para-hydroxylation sites is 1. The molecule has 1 aliphatic heterocycles. The molecule has 30 heavy (non-hydrogen) atoms. The molecule has 6 nitrogen and oxygen atoms in total. The standard InChI is InChI=1S/C24H28N4O2/c1-18-21(24(30)28(26(18)2)20-14-8-4-9-15-20)25-22(19-12-6-3-7-13-19)23(29)27-16-10-5-11-17-27/h3-4,6-9,12-15,22,25H,5,10-11,16-17H2,1-2H3/t22-/m1/s1. The minimum Gasteiger partial charge on any atom is -0.364 e. The highest BCUT2D eigenvalue weighted by molar-refractivity contribution is 5.86. The number of aromatic nitrogens is 2. The van der Waals surface area contributed by atoms with E-state index in [1.54, 1.807) is 4.68 Å². The Balaban J connectivity index is 1.73. The lowest BCUT2D eigenvalue weighted by atomic mass is 10.0. The van der Waals surface area contributed by atoms with Crippen LogP contribution in [0.3, 0.4) is 0 Å². The number of benzene rings is 2. The molecular weight excluding hydrogens is 376 g/mol. The summed E-state index contributed by atoms with van der Waals surface area (Å²) >= 11 is 0. The van der Waals surface area contributed by atoms with Gasteiger partial charge in [-0.3, -0.25) is 14.3 Å². The Morgan fingerprint density at radius 2 is 1.53 bits per heavy atom. The van der Waals surface area contributed by atoms with Gasteiger partial charge in [0.2, 0.25) is 5.91 Å². The fourth-order valence-electron chi connectivity index (χ4n) is 4.11. The Morgan fingerprint density at radius 3 is 2.17 bits per heavy atom. The molecular formula is C24H28N4O2. The lowest BCUT2D eigenvalue weighted by molar-refractivity contribution is -0.133. The molecule has 156 valence electrons. The maximum absolute atomic E-state index is 13.4. The van der Waals surface area contributed by atoms with E-state index in [1.807, 2.05) is 84.2 Å². The summed E-state index contributed by atoms with van der Waals surface area (Å²) in [5.41, 5.74) is 2.74. The van der Waals surface area contributed by atoms with Gasteiger partial charge in [0.05, 0.1) is 11.4 Å². The van der Waals surface area contributed by atoms with Crippen LogP contribution in [-0.2, 0) is 11.8 Å². The van der Waals surface area contributed by atoms with Gasteiger partial charge in [-0.05, 0) is 43.9 Å². The van der Waals surface area contributed by atoms with Gasteiger partial charge in [-0.25, -0.2) is 4.68 Å². The Kier molecular flexibility index (Phi) is 5.74. The first-order valence-corrected chi connectivity index (χ1v) is 10.5. The second kappa shape index (κ2) is 8.61. The molecule has 1 atom stereocenters. The summed E-state index contributed by atoms with van der Waals surface area (Å²) in [7, 11) is 1.86. The SMILES string of the molecule is Cc1c(N[C@@H](C(=O)N2CCCCC2)c2ccccc2)c(=O)n(-c2ccccc2)n1C. The molecule has 0 bridgehead atoms. The van der Waals surface area contributed by atoms with E-state index in [-0.39, 0.29) is 11.5 Å². The highest BCUT2D eigenvalue weighted by atomic mass is 16.2. The van der Waals surface area contributed by atoms with Crippen LogP contribution in [0.25, 0.3) is 5.69 Å². The zero-order valence-corrected chi connectivity index (χ0v) is 17.5. The molecule has 0 radical (unpaired) electrons. The molecule has 0 aliphatic carbocycles. The second-order valence-corrected chi connectivity index (χ2v) is 7.81. The third-order valence-electron chi connectivity index (χ3n) is 5.89. The van der Waals surface area contributed by atoms with Crippen molar-refractivity contribution in [1.82, 2.24) is 14.3 Å². The van der Waals surface area contributed by atoms with E-state index in [2.05, 4.69) is 5.32 Å². The Bertz CT molecular complexity index is 1060. The average molecular weight is 405 g/mol. The Morgan fingerprint density at radius 1 is 0.933 bits per heavy atom. The second-order valence-electron chi connectivity index (χ2n) is 7.81. The predicted molar refractivity (Wildman–Crippen MR) is 119 cm³/mol. The van der Waals surface area contributed by atoms with Gasteiger partial charge in [-0.1, -0.05) is 48.5 Å². The van der Waals surface area contributed by atoms with Crippen molar-refractivity contribution in [2.24, 2.45) is 7.05 Å². The van der Waals surface area contributed by atoms with E-state index < -0.39 is 6.04 Å². The lowest BCUT2D eigenvalue weighted by Gasteiger charge is -2.31. The molecule has 0 saturated carbocycles. The van der Waals surface area contributed by atoms with E-state index in [4.69, 9.17) is 0 Å². The van der Waals surface area contributed by atoms with Gasteiger partial charge in [-0.2, -0.15) is 0 Å². The van der Waals surface area contributed by atoms with Gasteiger partial charge in [-0.15, -0.1) is 0 Å².